The van der Waals surface area contributed by atoms with Gasteiger partial charge in [-0.2, -0.15) is 0 Å². The SMILES string of the molecule is CCCOc1cc(NCc2cnc(C)cn2)c(N)cc1F. The lowest BCUT2D eigenvalue weighted by molar-refractivity contribution is 0.301. The van der Waals surface area contributed by atoms with Gasteiger partial charge in [0.05, 0.1) is 42.1 Å². The van der Waals surface area contributed by atoms with Gasteiger partial charge < -0.3 is 15.8 Å². The summed E-state index contributed by atoms with van der Waals surface area (Å²) in [7, 11) is 0. The quantitative estimate of drug-likeness (QED) is 0.800. The largest absolute Gasteiger partial charge is 0.490 e. The van der Waals surface area contributed by atoms with Crippen molar-refractivity contribution >= 4 is 11.4 Å². The fourth-order valence-corrected chi connectivity index (χ4v) is 1.74. The predicted molar refractivity (Wildman–Crippen MR) is 80.7 cm³/mol. The Labute approximate surface area is 123 Å². The van der Waals surface area contributed by atoms with Crippen molar-refractivity contribution in [3.05, 3.63) is 41.7 Å². The second kappa shape index (κ2) is 6.88. The van der Waals surface area contributed by atoms with E-state index in [0.717, 1.165) is 17.8 Å². The molecule has 6 heteroatoms. The third-order valence-corrected chi connectivity index (χ3v) is 2.86. The summed E-state index contributed by atoms with van der Waals surface area (Å²) in [4.78, 5) is 8.41. The topological polar surface area (TPSA) is 73.1 Å². The molecular formula is C15H19FN4O. The van der Waals surface area contributed by atoms with E-state index < -0.39 is 5.82 Å². The number of nitrogens with zero attached hydrogens (tertiary/aromatic N) is 2. The van der Waals surface area contributed by atoms with Gasteiger partial charge in [0, 0.05) is 18.3 Å². The monoisotopic (exact) mass is 290 g/mol. The molecule has 1 aromatic carbocycles. The van der Waals surface area contributed by atoms with E-state index in [1.54, 1.807) is 18.5 Å². The van der Waals surface area contributed by atoms with Crippen LogP contribution in [0.15, 0.2) is 24.5 Å². The number of benzene rings is 1. The number of rotatable bonds is 6. The van der Waals surface area contributed by atoms with Crippen LogP contribution in [0.1, 0.15) is 24.7 Å². The minimum Gasteiger partial charge on any atom is -0.490 e. The molecule has 3 N–H and O–H groups in total. The van der Waals surface area contributed by atoms with Crippen molar-refractivity contribution in [2.24, 2.45) is 0 Å². The number of aryl methyl sites for hydroxylation is 1. The molecule has 1 aromatic heterocycles. The zero-order valence-electron chi connectivity index (χ0n) is 12.2. The van der Waals surface area contributed by atoms with Crippen molar-refractivity contribution in [1.82, 2.24) is 9.97 Å². The molecule has 0 unspecified atom stereocenters. The molecule has 0 aliphatic heterocycles. The highest BCUT2D eigenvalue weighted by Gasteiger charge is 2.09. The van der Waals surface area contributed by atoms with E-state index in [-0.39, 0.29) is 5.75 Å². The molecule has 0 aliphatic carbocycles. The molecule has 5 nitrogen and oxygen atoms in total. The number of nitrogen functional groups attached to an aromatic ring is 1. The van der Waals surface area contributed by atoms with Crippen molar-refractivity contribution in [2.45, 2.75) is 26.8 Å². The Morgan fingerprint density at radius 1 is 1.29 bits per heavy atom. The standard InChI is InChI=1S/C15H19FN4O/c1-3-4-21-15-6-14(13(17)5-12(15)16)20-9-11-8-18-10(2)7-19-11/h5-8,20H,3-4,9,17H2,1-2H3. The van der Waals surface area contributed by atoms with Gasteiger partial charge in [-0.3, -0.25) is 9.97 Å². The summed E-state index contributed by atoms with van der Waals surface area (Å²) in [5, 5.41) is 3.12. The summed E-state index contributed by atoms with van der Waals surface area (Å²) in [5.41, 5.74) is 8.39. The predicted octanol–water partition coefficient (Wildman–Crippen LogP) is 2.91. The summed E-state index contributed by atoms with van der Waals surface area (Å²) in [6, 6.07) is 2.83. The molecule has 21 heavy (non-hydrogen) atoms. The number of aromatic nitrogens is 2. The molecule has 1 heterocycles. The molecule has 2 rings (SSSR count). The Hall–Kier alpha value is -2.37. The molecule has 0 atom stereocenters. The highest BCUT2D eigenvalue weighted by molar-refractivity contribution is 5.68. The highest BCUT2D eigenvalue weighted by Crippen LogP contribution is 2.28. The molecule has 2 aromatic rings. The van der Waals surface area contributed by atoms with E-state index in [2.05, 4.69) is 15.3 Å². The third kappa shape index (κ3) is 4.05. The molecule has 0 saturated heterocycles. The number of hydrogen-bond acceptors (Lipinski definition) is 5. The van der Waals surface area contributed by atoms with Crippen LogP contribution in [0.2, 0.25) is 0 Å². The highest BCUT2D eigenvalue weighted by atomic mass is 19.1. The molecule has 0 fully saturated rings. The summed E-state index contributed by atoms with van der Waals surface area (Å²) in [6.07, 6.45) is 4.20. The van der Waals surface area contributed by atoms with E-state index in [1.165, 1.54) is 6.07 Å². The van der Waals surface area contributed by atoms with E-state index in [1.807, 2.05) is 13.8 Å². The van der Waals surface area contributed by atoms with E-state index in [9.17, 15) is 4.39 Å². The van der Waals surface area contributed by atoms with Crippen LogP contribution in [0.5, 0.6) is 5.75 Å². The van der Waals surface area contributed by atoms with Crippen LogP contribution in [0.4, 0.5) is 15.8 Å². The van der Waals surface area contributed by atoms with Gasteiger partial charge in [-0.15, -0.1) is 0 Å². The minimum atomic E-state index is -0.457. The Bertz CT molecular complexity index is 601. The van der Waals surface area contributed by atoms with E-state index in [0.29, 0.717) is 24.5 Å². The number of anilines is 2. The Morgan fingerprint density at radius 2 is 2.10 bits per heavy atom. The summed E-state index contributed by atoms with van der Waals surface area (Å²) < 4.78 is 19.1. The lowest BCUT2D eigenvalue weighted by Gasteiger charge is -2.12. The molecule has 0 aliphatic rings. The molecule has 112 valence electrons. The lowest BCUT2D eigenvalue weighted by atomic mass is 10.2. The fraction of sp³-hybridized carbons (Fsp3) is 0.333. The normalized spacial score (nSPS) is 10.4. The van der Waals surface area contributed by atoms with Crippen LogP contribution < -0.4 is 15.8 Å². The first-order chi connectivity index (χ1) is 10.1. The van der Waals surface area contributed by atoms with E-state index in [4.69, 9.17) is 10.5 Å². The van der Waals surface area contributed by atoms with Crippen LogP contribution in [-0.4, -0.2) is 16.6 Å². The maximum Gasteiger partial charge on any atom is 0.167 e. The summed E-state index contributed by atoms with van der Waals surface area (Å²) in [6.45, 7) is 4.75. The second-order valence-corrected chi connectivity index (χ2v) is 4.72. The van der Waals surface area contributed by atoms with Crippen LogP contribution >= 0.6 is 0 Å². The number of hydrogen-bond donors (Lipinski definition) is 2. The zero-order valence-corrected chi connectivity index (χ0v) is 12.2. The van der Waals surface area contributed by atoms with Gasteiger partial charge >= 0.3 is 0 Å². The van der Waals surface area contributed by atoms with Gasteiger partial charge in [-0.1, -0.05) is 6.92 Å². The van der Waals surface area contributed by atoms with Crippen LogP contribution in [-0.2, 0) is 6.54 Å². The van der Waals surface area contributed by atoms with Gasteiger partial charge in [0.1, 0.15) is 0 Å². The molecule has 0 amide bonds. The van der Waals surface area contributed by atoms with Crippen molar-refractivity contribution in [2.75, 3.05) is 17.7 Å². The zero-order chi connectivity index (χ0) is 15.2. The minimum absolute atomic E-state index is 0.198. The average molecular weight is 290 g/mol. The van der Waals surface area contributed by atoms with Crippen molar-refractivity contribution < 1.29 is 9.13 Å². The van der Waals surface area contributed by atoms with Gasteiger partial charge in [0.2, 0.25) is 0 Å². The van der Waals surface area contributed by atoms with Gasteiger partial charge in [0.15, 0.2) is 11.6 Å². The van der Waals surface area contributed by atoms with Crippen LogP contribution in [0.25, 0.3) is 0 Å². The fourth-order valence-electron chi connectivity index (χ4n) is 1.74. The molecule has 0 spiro atoms. The van der Waals surface area contributed by atoms with Crippen molar-refractivity contribution in [3.63, 3.8) is 0 Å². The lowest BCUT2D eigenvalue weighted by Crippen LogP contribution is -2.06. The first-order valence-electron chi connectivity index (χ1n) is 6.83. The van der Waals surface area contributed by atoms with Crippen LogP contribution in [0.3, 0.4) is 0 Å². The number of ether oxygens (including phenoxy) is 1. The third-order valence-electron chi connectivity index (χ3n) is 2.86. The number of nitrogens with two attached hydrogens (primary N) is 1. The van der Waals surface area contributed by atoms with Crippen LogP contribution in [0, 0.1) is 12.7 Å². The van der Waals surface area contributed by atoms with Gasteiger partial charge in [-0.25, -0.2) is 4.39 Å². The average Bonchev–Trinajstić information content (AvgIpc) is 2.47. The summed E-state index contributed by atoms with van der Waals surface area (Å²) in [5.74, 6) is -0.259. The van der Waals surface area contributed by atoms with E-state index >= 15 is 0 Å². The Kier molecular flexibility index (Phi) is 4.92. The van der Waals surface area contributed by atoms with Gasteiger partial charge in [-0.05, 0) is 13.3 Å². The smallest absolute Gasteiger partial charge is 0.167 e. The molecule has 0 saturated carbocycles. The molecule has 0 radical (unpaired) electrons. The van der Waals surface area contributed by atoms with Crippen molar-refractivity contribution in [3.8, 4) is 5.75 Å². The first-order valence-corrected chi connectivity index (χ1v) is 6.83. The number of halogens is 1. The molecule has 0 bridgehead atoms. The number of nitrogens with one attached hydrogen (secondary N) is 1. The summed E-state index contributed by atoms with van der Waals surface area (Å²) >= 11 is 0. The van der Waals surface area contributed by atoms with Gasteiger partial charge in [0.25, 0.3) is 0 Å². The van der Waals surface area contributed by atoms with Crippen molar-refractivity contribution in [1.29, 1.82) is 0 Å². The molecular weight excluding hydrogens is 271 g/mol. The first kappa shape index (κ1) is 15.0. The maximum absolute atomic E-state index is 13.7. The maximum atomic E-state index is 13.7. The Balaban J connectivity index is 2.09. The second-order valence-electron chi connectivity index (χ2n) is 4.72. The Morgan fingerprint density at radius 3 is 2.76 bits per heavy atom.